The van der Waals surface area contributed by atoms with Crippen molar-refractivity contribution in [3.63, 3.8) is 0 Å². The molecule has 1 saturated carbocycles. The number of morpholine rings is 1. The van der Waals surface area contributed by atoms with Crippen LogP contribution in [-0.2, 0) is 4.74 Å². The van der Waals surface area contributed by atoms with Gasteiger partial charge in [0.05, 0.1) is 25.0 Å². The lowest BCUT2D eigenvalue weighted by atomic mass is 10.0. The monoisotopic (exact) mass is 318 g/mol. The van der Waals surface area contributed by atoms with Gasteiger partial charge in [0.15, 0.2) is 0 Å². The fraction of sp³-hybridized carbons (Fsp3) is 0.688. The van der Waals surface area contributed by atoms with E-state index in [-0.39, 0.29) is 11.9 Å². The SMILES string of the molecule is O=C(c1cnn(C(=O)N2C[C@H]3CCC[C@H]3C2)c1)N1CCOCC1. The molecule has 0 unspecified atom stereocenters. The number of nitrogens with zero attached hydrogens (tertiary/aromatic N) is 4. The van der Waals surface area contributed by atoms with E-state index in [1.165, 1.54) is 30.1 Å². The maximum atomic E-state index is 12.6. The van der Waals surface area contributed by atoms with Crippen molar-refractivity contribution in [2.45, 2.75) is 19.3 Å². The molecular formula is C16H22N4O3. The first-order chi connectivity index (χ1) is 11.2. The molecule has 3 heterocycles. The van der Waals surface area contributed by atoms with Gasteiger partial charge in [0.1, 0.15) is 0 Å². The van der Waals surface area contributed by atoms with Crippen LogP contribution in [0.5, 0.6) is 0 Å². The smallest absolute Gasteiger partial charge is 0.344 e. The lowest BCUT2D eigenvalue weighted by molar-refractivity contribution is 0.0303. The molecule has 7 heteroatoms. The number of aromatic nitrogens is 2. The van der Waals surface area contributed by atoms with Gasteiger partial charge in [-0.2, -0.15) is 9.78 Å². The van der Waals surface area contributed by atoms with E-state index < -0.39 is 0 Å². The van der Waals surface area contributed by atoms with Crippen LogP contribution in [0.15, 0.2) is 12.4 Å². The van der Waals surface area contributed by atoms with E-state index in [0.717, 1.165) is 13.1 Å². The van der Waals surface area contributed by atoms with Crippen LogP contribution >= 0.6 is 0 Å². The Kier molecular flexibility index (Phi) is 3.80. The molecule has 124 valence electrons. The van der Waals surface area contributed by atoms with E-state index in [0.29, 0.717) is 43.7 Å². The van der Waals surface area contributed by atoms with E-state index in [1.807, 2.05) is 4.90 Å². The minimum atomic E-state index is -0.111. The number of rotatable bonds is 1. The predicted molar refractivity (Wildman–Crippen MR) is 82.1 cm³/mol. The molecule has 1 aromatic heterocycles. The fourth-order valence-corrected chi connectivity index (χ4v) is 4.02. The first-order valence-electron chi connectivity index (χ1n) is 8.43. The highest BCUT2D eigenvalue weighted by molar-refractivity contribution is 5.94. The van der Waals surface area contributed by atoms with Gasteiger partial charge in [-0.3, -0.25) is 4.79 Å². The van der Waals surface area contributed by atoms with Gasteiger partial charge in [-0.15, -0.1) is 0 Å². The number of carbonyl (C=O) groups excluding carboxylic acids is 2. The molecule has 0 bridgehead atoms. The Morgan fingerprint density at radius 3 is 2.48 bits per heavy atom. The zero-order chi connectivity index (χ0) is 15.8. The summed E-state index contributed by atoms with van der Waals surface area (Å²) >= 11 is 0. The van der Waals surface area contributed by atoms with Crippen molar-refractivity contribution in [3.05, 3.63) is 18.0 Å². The van der Waals surface area contributed by atoms with Crippen LogP contribution in [0.25, 0.3) is 0 Å². The van der Waals surface area contributed by atoms with Gasteiger partial charge in [-0.05, 0) is 24.7 Å². The molecular weight excluding hydrogens is 296 g/mol. The van der Waals surface area contributed by atoms with Gasteiger partial charge in [0.25, 0.3) is 5.91 Å². The normalized spacial score (nSPS) is 27.3. The predicted octanol–water partition coefficient (Wildman–Crippen LogP) is 1.06. The molecule has 3 aliphatic rings. The minimum Gasteiger partial charge on any atom is -0.378 e. The van der Waals surface area contributed by atoms with Crippen molar-refractivity contribution < 1.29 is 14.3 Å². The molecule has 3 fully saturated rings. The lowest BCUT2D eigenvalue weighted by Gasteiger charge is -2.26. The van der Waals surface area contributed by atoms with Crippen molar-refractivity contribution in [2.24, 2.45) is 11.8 Å². The van der Waals surface area contributed by atoms with Gasteiger partial charge >= 0.3 is 6.03 Å². The number of amides is 2. The third-order valence-electron chi connectivity index (χ3n) is 5.32. The Labute approximate surface area is 135 Å². The summed E-state index contributed by atoms with van der Waals surface area (Å²) < 4.78 is 6.57. The third-order valence-corrected chi connectivity index (χ3v) is 5.32. The fourth-order valence-electron chi connectivity index (χ4n) is 4.02. The second kappa shape index (κ2) is 5.96. The third kappa shape index (κ3) is 2.73. The number of fused-ring (bicyclic) bond motifs is 1. The van der Waals surface area contributed by atoms with Gasteiger partial charge in [-0.25, -0.2) is 4.79 Å². The van der Waals surface area contributed by atoms with Crippen LogP contribution in [0.2, 0.25) is 0 Å². The van der Waals surface area contributed by atoms with Gasteiger partial charge in [0, 0.05) is 32.4 Å². The van der Waals surface area contributed by atoms with Crippen molar-refractivity contribution in [2.75, 3.05) is 39.4 Å². The highest BCUT2D eigenvalue weighted by Crippen LogP contribution is 2.37. The molecule has 2 aliphatic heterocycles. The molecule has 1 aromatic rings. The minimum absolute atomic E-state index is 0.0781. The highest BCUT2D eigenvalue weighted by Gasteiger charge is 2.38. The largest absolute Gasteiger partial charge is 0.378 e. The molecule has 2 amide bonds. The Hall–Kier alpha value is -1.89. The van der Waals surface area contributed by atoms with Crippen molar-refractivity contribution in [1.29, 1.82) is 0 Å². The molecule has 4 rings (SSSR count). The molecule has 23 heavy (non-hydrogen) atoms. The maximum Gasteiger partial charge on any atom is 0.344 e. The van der Waals surface area contributed by atoms with Crippen LogP contribution in [-0.4, -0.2) is 70.9 Å². The van der Waals surface area contributed by atoms with Crippen LogP contribution in [0.1, 0.15) is 29.6 Å². The van der Waals surface area contributed by atoms with E-state index in [1.54, 1.807) is 11.1 Å². The molecule has 7 nitrogen and oxygen atoms in total. The second-order valence-electron chi connectivity index (χ2n) is 6.72. The van der Waals surface area contributed by atoms with E-state index in [9.17, 15) is 9.59 Å². The average Bonchev–Trinajstić information content (AvgIpc) is 3.29. The summed E-state index contributed by atoms with van der Waals surface area (Å²) in [6.07, 6.45) is 6.81. The Bertz CT molecular complexity index is 596. The van der Waals surface area contributed by atoms with Crippen molar-refractivity contribution >= 4 is 11.9 Å². The quantitative estimate of drug-likeness (QED) is 0.776. The Morgan fingerprint density at radius 1 is 1.09 bits per heavy atom. The summed E-state index contributed by atoms with van der Waals surface area (Å²) in [6, 6.07) is -0.111. The zero-order valence-electron chi connectivity index (χ0n) is 13.2. The summed E-state index contributed by atoms with van der Waals surface area (Å²) in [5.41, 5.74) is 0.472. The number of hydrogen-bond acceptors (Lipinski definition) is 4. The lowest BCUT2D eigenvalue weighted by Crippen LogP contribution is -2.40. The average molecular weight is 318 g/mol. The summed E-state index contributed by atoms with van der Waals surface area (Å²) in [5, 5.41) is 4.12. The van der Waals surface area contributed by atoms with Crippen LogP contribution < -0.4 is 0 Å². The molecule has 2 saturated heterocycles. The van der Waals surface area contributed by atoms with E-state index in [2.05, 4.69) is 5.10 Å². The van der Waals surface area contributed by atoms with Gasteiger partial charge < -0.3 is 14.5 Å². The molecule has 0 radical (unpaired) electrons. The van der Waals surface area contributed by atoms with Gasteiger partial charge in [-0.1, -0.05) is 6.42 Å². The van der Waals surface area contributed by atoms with Crippen LogP contribution in [0, 0.1) is 11.8 Å². The van der Waals surface area contributed by atoms with Crippen LogP contribution in [0.4, 0.5) is 4.79 Å². The Balaban J connectivity index is 1.43. The van der Waals surface area contributed by atoms with Crippen molar-refractivity contribution in [1.82, 2.24) is 19.6 Å². The molecule has 0 aromatic carbocycles. The van der Waals surface area contributed by atoms with E-state index in [4.69, 9.17) is 4.74 Å². The first-order valence-corrected chi connectivity index (χ1v) is 8.43. The number of hydrogen-bond donors (Lipinski definition) is 0. The second-order valence-corrected chi connectivity index (χ2v) is 6.72. The molecule has 1 aliphatic carbocycles. The maximum absolute atomic E-state index is 12.6. The number of carbonyl (C=O) groups is 2. The molecule has 0 N–H and O–H groups in total. The number of likely N-dealkylation sites (tertiary alicyclic amines) is 1. The number of ether oxygens (including phenoxy) is 1. The summed E-state index contributed by atoms with van der Waals surface area (Å²) in [7, 11) is 0. The highest BCUT2D eigenvalue weighted by atomic mass is 16.5. The van der Waals surface area contributed by atoms with Gasteiger partial charge in [0.2, 0.25) is 0 Å². The zero-order valence-corrected chi connectivity index (χ0v) is 13.2. The summed E-state index contributed by atoms with van der Waals surface area (Å²) in [5.74, 6) is 1.23. The molecule has 2 atom stereocenters. The topological polar surface area (TPSA) is 67.7 Å². The summed E-state index contributed by atoms with van der Waals surface area (Å²) in [6.45, 7) is 3.97. The first kappa shape index (κ1) is 14.7. The Morgan fingerprint density at radius 2 is 1.78 bits per heavy atom. The van der Waals surface area contributed by atoms with Crippen molar-refractivity contribution in [3.8, 4) is 0 Å². The van der Waals surface area contributed by atoms with E-state index >= 15 is 0 Å². The van der Waals surface area contributed by atoms with Crippen LogP contribution in [0.3, 0.4) is 0 Å². The summed E-state index contributed by atoms with van der Waals surface area (Å²) in [4.78, 5) is 28.6. The molecule has 0 spiro atoms. The standard InChI is InChI=1S/C16H22N4O3/c21-15(18-4-6-23-7-5-18)14-8-17-20(11-14)16(22)19-9-12-2-1-3-13(12)10-19/h8,11-13H,1-7,9-10H2/t12-,13+.